The van der Waals surface area contributed by atoms with Crippen molar-refractivity contribution in [2.24, 2.45) is 0 Å². The molecule has 0 amide bonds. The smallest absolute Gasteiger partial charge is 0.270 e. The van der Waals surface area contributed by atoms with Crippen molar-refractivity contribution >= 4 is 27.9 Å². The molecule has 0 spiro atoms. The summed E-state index contributed by atoms with van der Waals surface area (Å²) in [5.74, 6) is 1.49. The zero-order valence-electron chi connectivity index (χ0n) is 8.71. The van der Waals surface area contributed by atoms with E-state index < -0.39 is 4.92 Å². The van der Waals surface area contributed by atoms with Gasteiger partial charge in [0, 0.05) is 17.9 Å². The van der Waals surface area contributed by atoms with Crippen LogP contribution < -0.4 is 4.74 Å². The zero-order valence-corrected chi connectivity index (χ0v) is 11.5. The molecule has 1 aliphatic heterocycles. The van der Waals surface area contributed by atoms with Crippen molar-refractivity contribution in [1.29, 1.82) is 0 Å². The molecular formula is C9H11NO4SSi. The summed E-state index contributed by atoms with van der Waals surface area (Å²) < 4.78 is 10.8. The molecule has 0 bridgehead atoms. The van der Waals surface area contributed by atoms with Crippen molar-refractivity contribution in [1.82, 2.24) is 0 Å². The van der Waals surface area contributed by atoms with E-state index in [1.165, 1.54) is 6.07 Å². The quantitative estimate of drug-likeness (QED) is 0.454. The third-order valence-corrected chi connectivity index (χ3v) is 3.71. The number of ether oxygens (including phenoxy) is 1. The minimum Gasteiger partial charge on any atom is -0.486 e. The number of nitrogens with zero attached hydrogens (tertiary/aromatic N) is 1. The zero-order chi connectivity index (χ0) is 11.5. The highest BCUT2D eigenvalue weighted by molar-refractivity contribution is 7.99. The van der Waals surface area contributed by atoms with Crippen LogP contribution in [0.4, 0.5) is 5.69 Å². The van der Waals surface area contributed by atoms with Gasteiger partial charge in [0.05, 0.1) is 16.4 Å². The van der Waals surface area contributed by atoms with Crippen LogP contribution in [0.5, 0.6) is 5.75 Å². The lowest BCUT2D eigenvalue weighted by Crippen LogP contribution is -2.28. The summed E-state index contributed by atoms with van der Waals surface area (Å²) in [6, 6.07) is 4.67. The van der Waals surface area contributed by atoms with E-state index in [1.807, 2.05) is 0 Å². The molecule has 0 fully saturated rings. The number of thioether (sulfide) groups is 1. The maximum atomic E-state index is 10.6. The Balaban J connectivity index is 2.19. The summed E-state index contributed by atoms with van der Waals surface area (Å²) in [6.45, 7) is 0.593. The molecule has 5 nitrogen and oxygen atoms in total. The first kappa shape index (κ1) is 11.4. The van der Waals surface area contributed by atoms with Gasteiger partial charge in [-0.3, -0.25) is 10.1 Å². The normalized spacial score (nSPS) is 18.9. The maximum absolute atomic E-state index is 10.6. The highest BCUT2D eigenvalue weighted by Crippen LogP contribution is 2.37. The Morgan fingerprint density at radius 1 is 1.69 bits per heavy atom. The highest BCUT2D eigenvalue weighted by atomic mass is 32.2. The van der Waals surface area contributed by atoms with Gasteiger partial charge in [-0.15, -0.1) is 11.8 Å². The lowest BCUT2D eigenvalue weighted by atomic mass is 10.3. The van der Waals surface area contributed by atoms with Gasteiger partial charge < -0.3 is 9.16 Å². The molecule has 0 aliphatic carbocycles. The largest absolute Gasteiger partial charge is 0.486 e. The summed E-state index contributed by atoms with van der Waals surface area (Å²) in [6.07, 6.45) is 0.0523. The van der Waals surface area contributed by atoms with Gasteiger partial charge in [0.2, 0.25) is 0 Å². The average molecular weight is 257 g/mol. The van der Waals surface area contributed by atoms with E-state index in [2.05, 4.69) is 0 Å². The van der Waals surface area contributed by atoms with Gasteiger partial charge >= 0.3 is 0 Å². The van der Waals surface area contributed by atoms with Gasteiger partial charge in [0.15, 0.2) is 0 Å². The fraction of sp³-hybridized carbons (Fsp3) is 0.333. The fourth-order valence-corrected chi connectivity index (χ4v) is 2.85. The van der Waals surface area contributed by atoms with Crippen LogP contribution in [0.3, 0.4) is 0 Å². The Hall–Kier alpha value is -1.05. The molecule has 0 radical (unpaired) electrons. The van der Waals surface area contributed by atoms with Crippen molar-refractivity contribution < 1.29 is 14.1 Å². The summed E-state index contributed by atoms with van der Waals surface area (Å²) >= 11 is 1.57. The number of fused-ring (bicyclic) bond motifs is 1. The molecule has 1 aliphatic rings. The number of nitro benzene ring substituents is 1. The predicted molar refractivity (Wildman–Crippen MR) is 64.1 cm³/mol. The van der Waals surface area contributed by atoms with E-state index in [0.29, 0.717) is 22.8 Å². The van der Waals surface area contributed by atoms with Crippen LogP contribution in [0.15, 0.2) is 23.1 Å². The molecule has 1 atom stereocenters. The second kappa shape index (κ2) is 4.85. The minimum atomic E-state index is -0.395. The summed E-state index contributed by atoms with van der Waals surface area (Å²) in [5, 5.41) is 10.6. The van der Waals surface area contributed by atoms with E-state index >= 15 is 0 Å². The Bertz CT molecular complexity index is 414. The van der Waals surface area contributed by atoms with Crippen LogP contribution in [0.25, 0.3) is 0 Å². The SMILES string of the molecule is O=[N+]([O-])c1ccc2c(c1)SCC(CO[SiH3])O2. The third-order valence-electron chi connectivity index (χ3n) is 2.21. The third kappa shape index (κ3) is 2.37. The van der Waals surface area contributed by atoms with Crippen LogP contribution in [0, 0.1) is 10.1 Å². The molecule has 16 heavy (non-hydrogen) atoms. The second-order valence-electron chi connectivity index (χ2n) is 3.39. The van der Waals surface area contributed by atoms with E-state index in [-0.39, 0.29) is 11.8 Å². The predicted octanol–water partition coefficient (Wildman–Crippen LogP) is 0.745. The molecule has 1 aromatic carbocycles. The van der Waals surface area contributed by atoms with Gasteiger partial charge in [0.25, 0.3) is 5.69 Å². The number of rotatable bonds is 3. The van der Waals surface area contributed by atoms with Crippen LogP contribution in [-0.4, -0.2) is 33.9 Å². The highest BCUT2D eigenvalue weighted by Gasteiger charge is 2.22. The molecule has 0 saturated heterocycles. The molecule has 7 heteroatoms. The first-order valence-corrected chi connectivity index (χ1v) is 6.57. The van der Waals surface area contributed by atoms with Crippen molar-refractivity contribution in [3.8, 4) is 5.75 Å². The average Bonchev–Trinajstić information content (AvgIpc) is 2.28. The van der Waals surface area contributed by atoms with E-state index in [9.17, 15) is 10.1 Å². The standard InChI is InChI=1S/C9H11NO4SSi/c11-10(12)6-1-2-8-9(3-6)15-5-7(14-8)4-13-16/h1-3,7H,4-5H2,16H3. The molecule has 2 rings (SSSR count). The number of non-ortho nitro benzene ring substituents is 1. The van der Waals surface area contributed by atoms with Crippen molar-refractivity contribution in [2.75, 3.05) is 12.4 Å². The molecule has 1 unspecified atom stereocenters. The maximum Gasteiger partial charge on any atom is 0.270 e. The Kier molecular flexibility index (Phi) is 3.47. The topological polar surface area (TPSA) is 61.6 Å². The first-order chi connectivity index (χ1) is 7.70. The van der Waals surface area contributed by atoms with Crippen molar-refractivity contribution in [3.05, 3.63) is 28.3 Å². The van der Waals surface area contributed by atoms with E-state index in [0.717, 1.165) is 10.6 Å². The fourth-order valence-electron chi connectivity index (χ4n) is 1.48. The number of hydrogen-bond donors (Lipinski definition) is 0. The van der Waals surface area contributed by atoms with Crippen LogP contribution in [0.1, 0.15) is 0 Å². The Morgan fingerprint density at radius 2 is 2.50 bits per heavy atom. The Labute approximate surface area is 99.8 Å². The van der Waals surface area contributed by atoms with Crippen molar-refractivity contribution in [2.45, 2.75) is 11.0 Å². The van der Waals surface area contributed by atoms with Crippen LogP contribution in [-0.2, 0) is 4.43 Å². The molecule has 0 saturated carbocycles. The number of nitro groups is 1. The number of benzene rings is 1. The minimum absolute atomic E-state index is 0.0523. The van der Waals surface area contributed by atoms with Crippen molar-refractivity contribution in [3.63, 3.8) is 0 Å². The molecular weight excluding hydrogens is 246 g/mol. The number of hydrogen-bond acceptors (Lipinski definition) is 5. The molecule has 1 heterocycles. The van der Waals surface area contributed by atoms with Gasteiger partial charge in [0.1, 0.15) is 22.3 Å². The van der Waals surface area contributed by atoms with Gasteiger partial charge in [-0.25, -0.2) is 0 Å². The molecule has 1 aromatic rings. The first-order valence-electron chi connectivity index (χ1n) is 4.77. The molecule has 0 N–H and O–H groups in total. The monoisotopic (exact) mass is 257 g/mol. The van der Waals surface area contributed by atoms with Gasteiger partial charge in [-0.1, -0.05) is 0 Å². The summed E-state index contributed by atoms with van der Waals surface area (Å²) in [4.78, 5) is 11.0. The Morgan fingerprint density at radius 3 is 3.19 bits per heavy atom. The van der Waals surface area contributed by atoms with Gasteiger partial charge in [-0.2, -0.15) is 0 Å². The van der Waals surface area contributed by atoms with Crippen LogP contribution >= 0.6 is 11.8 Å². The summed E-state index contributed by atoms with van der Waals surface area (Å²) in [7, 11) is 0.697. The summed E-state index contributed by atoms with van der Waals surface area (Å²) in [5.41, 5.74) is 0.104. The lowest BCUT2D eigenvalue weighted by Gasteiger charge is -2.24. The molecule has 0 aromatic heterocycles. The lowest BCUT2D eigenvalue weighted by molar-refractivity contribution is -0.385. The second-order valence-corrected chi connectivity index (χ2v) is 5.03. The van der Waals surface area contributed by atoms with E-state index in [4.69, 9.17) is 9.16 Å². The van der Waals surface area contributed by atoms with Crippen LogP contribution in [0.2, 0.25) is 0 Å². The molecule has 86 valence electrons. The van der Waals surface area contributed by atoms with Gasteiger partial charge in [-0.05, 0) is 6.07 Å². The van der Waals surface area contributed by atoms with E-state index in [1.54, 1.807) is 23.9 Å².